The lowest BCUT2D eigenvalue weighted by molar-refractivity contribution is -0.131. The predicted octanol–water partition coefficient (Wildman–Crippen LogP) is 4.77. The van der Waals surface area contributed by atoms with E-state index in [9.17, 15) is 28.0 Å². The van der Waals surface area contributed by atoms with Crippen LogP contribution in [-0.2, 0) is 16.0 Å². The Hall–Kier alpha value is -3.86. The Morgan fingerprint density at radius 1 is 0.766 bits per heavy atom. The summed E-state index contributed by atoms with van der Waals surface area (Å²) < 4.78 is 28.1. The summed E-state index contributed by atoms with van der Waals surface area (Å²) in [5.74, 6) is -2.69. The number of aryl methyl sites for hydroxylation is 1. The molecule has 4 amide bonds. The molecule has 47 heavy (non-hydrogen) atoms. The highest BCUT2D eigenvalue weighted by Gasteiger charge is 2.27. The molecule has 0 aliphatic carbocycles. The van der Waals surface area contributed by atoms with Gasteiger partial charge in [-0.25, -0.2) is 8.78 Å². The van der Waals surface area contributed by atoms with E-state index >= 15 is 0 Å². The maximum Gasteiger partial charge on any atom is 0.253 e. The molecule has 4 N–H and O–H groups in total. The van der Waals surface area contributed by atoms with Crippen molar-refractivity contribution < 1.29 is 28.0 Å². The fraction of sp³-hybridized carbons (Fsp3) is 0.556. The van der Waals surface area contributed by atoms with Crippen molar-refractivity contribution in [2.45, 2.75) is 92.8 Å². The standard InChI is InChI=1S/C36H53F2N5O4/c1-9-11-43(12-10-2)36(47)28-14-24(7)13-27(18-28)34(45)41-31(17-26-15-29(37)19-30(38)16-26)21-39-25(8)33(44)42-32(23(5)6)35(46)40-20-22(3)4/h13-16,18-19,22-23,25,31-32,39H,9-12,17,20-21H2,1-8H3,(H,40,46)(H,41,45)(H,42,44)/t25-,31-,32-/m0/s1. The Kier molecular flexibility index (Phi) is 16.0. The van der Waals surface area contributed by atoms with Crippen LogP contribution in [-0.4, -0.2) is 72.8 Å². The van der Waals surface area contributed by atoms with Crippen LogP contribution in [0.2, 0.25) is 0 Å². The second-order valence-electron chi connectivity index (χ2n) is 13.0. The first-order chi connectivity index (χ1) is 22.1. The summed E-state index contributed by atoms with van der Waals surface area (Å²) in [5.41, 5.74) is 1.73. The quantitative estimate of drug-likeness (QED) is 0.184. The lowest BCUT2D eigenvalue weighted by Gasteiger charge is -2.26. The van der Waals surface area contributed by atoms with Crippen LogP contribution < -0.4 is 21.3 Å². The molecule has 2 aromatic carbocycles. The van der Waals surface area contributed by atoms with Gasteiger partial charge in [0.15, 0.2) is 0 Å². The van der Waals surface area contributed by atoms with Gasteiger partial charge in [-0.05, 0) is 86.4 Å². The average molecular weight is 658 g/mol. The lowest BCUT2D eigenvalue weighted by Crippen LogP contribution is -2.55. The van der Waals surface area contributed by atoms with Crippen LogP contribution in [0.25, 0.3) is 0 Å². The fourth-order valence-corrected chi connectivity index (χ4v) is 5.17. The Bertz CT molecular complexity index is 1340. The number of amides is 4. The van der Waals surface area contributed by atoms with Crippen LogP contribution in [0.1, 0.15) is 93.2 Å². The molecule has 0 saturated heterocycles. The molecule has 2 aromatic rings. The largest absolute Gasteiger partial charge is 0.354 e. The van der Waals surface area contributed by atoms with E-state index in [0.29, 0.717) is 30.8 Å². The molecule has 0 unspecified atom stereocenters. The van der Waals surface area contributed by atoms with Crippen LogP contribution >= 0.6 is 0 Å². The molecule has 0 saturated carbocycles. The third-order valence-electron chi connectivity index (χ3n) is 7.60. The van der Waals surface area contributed by atoms with E-state index in [1.54, 1.807) is 36.9 Å². The zero-order chi connectivity index (χ0) is 35.3. The predicted molar refractivity (Wildman–Crippen MR) is 181 cm³/mol. The second-order valence-corrected chi connectivity index (χ2v) is 13.0. The summed E-state index contributed by atoms with van der Waals surface area (Å²) in [4.78, 5) is 54.5. The highest BCUT2D eigenvalue weighted by atomic mass is 19.1. The van der Waals surface area contributed by atoms with Crippen LogP contribution in [0.3, 0.4) is 0 Å². The maximum atomic E-state index is 14.1. The van der Waals surface area contributed by atoms with Crippen LogP contribution in [0.15, 0.2) is 36.4 Å². The van der Waals surface area contributed by atoms with E-state index < -0.39 is 41.6 Å². The van der Waals surface area contributed by atoms with Crippen LogP contribution in [0.4, 0.5) is 8.78 Å². The second kappa shape index (κ2) is 19.1. The molecule has 0 aliphatic heterocycles. The zero-order valence-electron chi connectivity index (χ0n) is 29.1. The highest BCUT2D eigenvalue weighted by molar-refractivity contribution is 6.00. The number of hydrogen-bond acceptors (Lipinski definition) is 5. The van der Waals surface area contributed by atoms with Crippen LogP contribution in [0, 0.1) is 30.4 Å². The van der Waals surface area contributed by atoms with Crippen molar-refractivity contribution in [2.24, 2.45) is 11.8 Å². The molecule has 11 heteroatoms. The van der Waals surface area contributed by atoms with Crippen molar-refractivity contribution in [3.63, 3.8) is 0 Å². The molecule has 2 rings (SSSR count). The average Bonchev–Trinajstić information content (AvgIpc) is 2.99. The SMILES string of the molecule is CCCN(CCC)C(=O)c1cc(C)cc(C(=O)N[C@H](CN[C@@H](C)C(=O)N[C@H](C(=O)NCC(C)C)C(C)C)Cc2cc(F)cc(F)c2)c1. The zero-order valence-corrected chi connectivity index (χ0v) is 29.1. The van der Waals surface area contributed by atoms with Gasteiger partial charge >= 0.3 is 0 Å². The van der Waals surface area contributed by atoms with Gasteiger partial charge in [-0.3, -0.25) is 19.2 Å². The summed E-state index contributed by atoms with van der Waals surface area (Å²) in [5, 5.41) is 11.7. The van der Waals surface area contributed by atoms with Crippen LogP contribution in [0.5, 0.6) is 0 Å². The van der Waals surface area contributed by atoms with E-state index in [-0.39, 0.29) is 42.2 Å². The van der Waals surface area contributed by atoms with E-state index in [2.05, 4.69) is 21.3 Å². The van der Waals surface area contributed by atoms with Crippen molar-refractivity contribution in [3.8, 4) is 0 Å². The molecular formula is C36H53F2N5O4. The molecule has 260 valence electrons. The summed E-state index contributed by atoms with van der Waals surface area (Å²) in [6.45, 7) is 16.9. The summed E-state index contributed by atoms with van der Waals surface area (Å²) in [7, 11) is 0. The van der Waals surface area contributed by atoms with Gasteiger partial charge in [-0.2, -0.15) is 0 Å². The van der Waals surface area contributed by atoms with Gasteiger partial charge in [-0.15, -0.1) is 0 Å². The van der Waals surface area contributed by atoms with Crippen molar-refractivity contribution in [2.75, 3.05) is 26.2 Å². The van der Waals surface area contributed by atoms with Crippen molar-refractivity contribution in [3.05, 3.63) is 70.3 Å². The smallest absolute Gasteiger partial charge is 0.253 e. The summed E-state index contributed by atoms with van der Waals surface area (Å²) in [6, 6.07) is 5.96. The number of hydrogen-bond donors (Lipinski definition) is 4. The number of carbonyl (C=O) groups is 4. The van der Waals surface area contributed by atoms with Gasteiger partial charge < -0.3 is 26.2 Å². The minimum absolute atomic E-state index is 0.0619. The molecule has 0 aromatic heterocycles. The number of halogens is 2. The molecule has 3 atom stereocenters. The van der Waals surface area contributed by atoms with Gasteiger partial charge in [0.1, 0.15) is 17.7 Å². The van der Waals surface area contributed by atoms with Gasteiger partial charge in [0, 0.05) is 49.4 Å². The topological polar surface area (TPSA) is 120 Å². The first-order valence-corrected chi connectivity index (χ1v) is 16.6. The summed E-state index contributed by atoms with van der Waals surface area (Å²) >= 11 is 0. The van der Waals surface area contributed by atoms with Crippen molar-refractivity contribution in [1.29, 1.82) is 0 Å². The first-order valence-electron chi connectivity index (χ1n) is 16.6. The number of nitrogens with zero attached hydrogens (tertiary/aromatic N) is 1. The minimum atomic E-state index is -0.760. The molecular weight excluding hydrogens is 604 g/mol. The Morgan fingerprint density at radius 3 is 1.91 bits per heavy atom. The highest BCUT2D eigenvalue weighted by Crippen LogP contribution is 2.15. The van der Waals surface area contributed by atoms with Crippen molar-refractivity contribution in [1.82, 2.24) is 26.2 Å². The molecule has 0 aliphatic rings. The molecule has 0 bridgehead atoms. The van der Waals surface area contributed by atoms with Crippen molar-refractivity contribution >= 4 is 23.6 Å². The molecule has 0 spiro atoms. The number of carbonyl (C=O) groups excluding carboxylic acids is 4. The fourth-order valence-electron chi connectivity index (χ4n) is 5.17. The van der Waals surface area contributed by atoms with Gasteiger partial charge in [-0.1, -0.05) is 41.5 Å². The van der Waals surface area contributed by atoms with E-state index in [0.717, 1.165) is 24.5 Å². The minimum Gasteiger partial charge on any atom is -0.354 e. The Labute approximate surface area is 278 Å². The molecule has 9 nitrogen and oxygen atoms in total. The molecule has 0 radical (unpaired) electrons. The van der Waals surface area contributed by atoms with Gasteiger partial charge in [0.2, 0.25) is 11.8 Å². The molecule has 0 fully saturated rings. The van der Waals surface area contributed by atoms with Gasteiger partial charge in [0.05, 0.1) is 6.04 Å². The third-order valence-corrected chi connectivity index (χ3v) is 7.60. The normalized spacial score (nSPS) is 13.2. The maximum absolute atomic E-state index is 14.1. The number of nitrogens with one attached hydrogen (secondary N) is 4. The number of rotatable bonds is 18. The molecule has 0 heterocycles. The van der Waals surface area contributed by atoms with E-state index in [4.69, 9.17) is 0 Å². The summed E-state index contributed by atoms with van der Waals surface area (Å²) in [6.07, 6.45) is 1.67. The first kappa shape index (κ1) is 39.3. The number of benzene rings is 2. The Balaban J connectivity index is 2.26. The third kappa shape index (κ3) is 13.0. The van der Waals surface area contributed by atoms with Gasteiger partial charge in [0.25, 0.3) is 11.8 Å². The monoisotopic (exact) mass is 657 g/mol. The van der Waals surface area contributed by atoms with E-state index in [1.807, 2.05) is 41.5 Å². The van der Waals surface area contributed by atoms with E-state index in [1.165, 1.54) is 12.1 Å². The lowest BCUT2D eigenvalue weighted by atomic mass is 10.0. The Morgan fingerprint density at radius 2 is 1.36 bits per heavy atom.